The molecule has 6 nitrogen and oxygen atoms in total. The van der Waals surface area contributed by atoms with E-state index in [2.05, 4.69) is 30.5 Å². The largest absolute Gasteiger partial charge is 0.392 e. The highest BCUT2D eigenvalue weighted by atomic mass is 16.5. The fourth-order valence-corrected chi connectivity index (χ4v) is 5.73. The summed E-state index contributed by atoms with van der Waals surface area (Å²) in [4.78, 5) is 25.0. The number of nitrogens with one attached hydrogen (secondary N) is 1. The van der Waals surface area contributed by atoms with E-state index < -0.39 is 18.3 Å². The topological polar surface area (TPSA) is 95.9 Å². The van der Waals surface area contributed by atoms with Crippen molar-refractivity contribution in [2.75, 3.05) is 6.54 Å². The molecule has 2 aliphatic carbocycles. The van der Waals surface area contributed by atoms with Crippen molar-refractivity contribution in [3.63, 3.8) is 0 Å². The maximum absolute atomic E-state index is 12.7. The highest BCUT2D eigenvalue weighted by Crippen LogP contribution is 2.53. The number of ether oxygens (including phenoxy) is 1. The van der Waals surface area contributed by atoms with E-state index in [-0.39, 0.29) is 66.6 Å². The van der Waals surface area contributed by atoms with Crippen molar-refractivity contribution in [3.8, 4) is 0 Å². The highest BCUT2D eigenvalue weighted by molar-refractivity contribution is 5.98. The van der Waals surface area contributed by atoms with E-state index in [1.54, 1.807) is 0 Å². The minimum absolute atomic E-state index is 0.0234. The third-order valence-electron chi connectivity index (χ3n) is 7.25. The second-order valence-electron chi connectivity index (χ2n) is 9.53. The van der Waals surface area contributed by atoms with Gasteiger partial charge in [-0.25, -0.2) is 0 Å². The fourth-order valence-electron chi connectivity index (χ4n) is 5.73. The zero-order valence-corrected chi connectivity index (χ0v) is 18.2. The molecule has 9 atom stereocenters. The van der Waals surface area contributed by atoms with E-state index in [9.17, 15) is 19.8 Å². The zero-order valence-electron chi connectivity index (χ0n) is 18.2. The molecule has 0 bridgehead atoms. The maximum atomic E-state index is 12.7. The second-order valence-corrected chi connectivity index (χ2v) is 9.53. The Morgan fingerprint density at radius 2 is 1.84 bits per heavy atom. The normalized spacial score (nSPS) is 47.1. The molecular weight excluding hydrogens is 394 g/mol. The van der Waals surface area contributed by atoms with Crippen molar-refractivity contribution >= 4 is 11.7 Å². The standard InChI is InChI=1S/C25H33NO5/c1-14-6-4-3-5-7-15(2)17-8-9-18-19(28)12-20(29)25-24(18)23(17)21(31-25)10-16(27)11-22(30)26-13-14/h3-9,14,17-21,23-25,28-29H,10-13H2,1-2H3,(H,26,30)/b5-3-,6-4+,15-7+/t14?,17-,18+,19+,20-,21-,23+,24-,25-/m0/s1. The Labute approximate surface area is 183 Å². The number of amides is 1. The van der Waals surface area contributed by atoms with E-state index in [4.69, 9.17) is 4.74 Å². The molecule has 1 saturated heterocycles. The Kier molecular flexibility index (Phi) is 6.60. The van der Waals surface area contributed by atoms with Crippen LogP contribution in [0.3, 0.4) is 0 Å². The fraction of sp³-hybridized carbons (Fsp3) is 0.600. The van der Waals surface area contributed by atoms with Crippen LogP contribution < -0.4 is 5.32 Å². The number of rotatable bonds is 0. The zero-order chi connectivity index (χ0) is 22.1. The summed E-state index contributed by atoms with van der Waals surface area (Å²) in [5.74, 6) is -0.367. The van der Waals surface area contributed by atoms with Gasteiger partial charge in [0.15, 0.2) is 0 Å². The molecule has 2 fully saturated rings. The molecule has 4 aliphatic rings. The molecule has 168 valence electrons. The van der Waals surface area contributed by atoms with Gasteiger partial charge >= 0.3 is 0 Å². The number of ketones is 1. The van der Waals surface area contributed by atoms with Gasteiger partial charge in [0.2, 0.25) is 5.91 Å². The molecular formula is C25H33NO5. The van der Waals surface area contributed by atoms with Gasteiger partial charge in [-0.2, -0.15) is 0 Å². The van der Waals surface area contributed by atoms with E-state index in [1.807, 2.05) is 31.2 Å². The predicted molar refractivity (Wildman–Crippen MR) is 117 cm³/mol. The minimum Gasteiger partial charge on any atom is -0.392 e. The van der Waals surface area contributed by atoms with Crippen LogP contribution in [0.5, 0.6) is 0 Å². The summed E-state index contributed by atoms with van der Waals surface area (Å²) in [6, 6.07) is 0. The van der Waals surface area contributed by atoms with Crippen LogP contribution in [0.2, 0.25) is 0 Å². The van der Waals surface area contributed by atoms with E-state index >= 15 is 0 Å². The minimum atomic E-state index is -0.751. The molecule has 2 aliphatic heterocycles. The first-order valence-corrected chi connectivity index (χ1v) is 11.3. The summed E-state index contributed by atoms with van der Waals surface area (Å²) >= 11 is 0. The third kappa shape index (κ3) is 4.61. The molecule has 0 radical (unpaired) electrons. The average molecular weight is 428 g/mol. The van der Waals surface area contributed by atoms with Gasteiger partial charge in [-0.05, 0) is 12.8 Å². The third-order valence-corrected chi connectivity index (χ3v) is 7.25. The smallest absolute Gasteiger partial charge is 0.227 e. The molecule has 6 heteroatoms. The molecule has 0 aromatic rings. The van der Waals surface area contributed by atoms with Gasteiger partial charge < -0.3 is 20.3 Å². The van der Waals surface area contributed by atoms with Crippen LogP contribution in [0.1, 0.15) is 33.1 Å². The first-order valence-electron chi connectivity index (χ1n) is 11.3. The molecule has 2 heterocycles. The molecule has 3 N–H and O–H groups in total. The molecule has 0 spiro atoms. The van der Waals surface area contributed by atoms with Gasteiger partial charge in [0.05, 0.1) is 30.8 Å². The molecule has 1 amide bonds. The number of aliphatic hydroxyl groups is 2. The van der Waals surface area contributed by atoms with Crippen LogP contribution in [-0.4, -0.2) is 52.9 Å². The van der Waals surface area contributed by atoms with Crippen LogP contribution in [0.4, 0.5) is 0 Å². The van der Waals surface area contributed by atoms with Crippen molar-refractivity contribution < 1.29 is 24.5 Å². The van der Waals surface area contributed by atoms with Gasteiger partial charge in [0.25, 0.3) is 0 Å². The van der Waals surface area contributed by atoms with Gasteiger partial charge in [0.1, 0.15) is 5.78 Å². The van der Waals surface area contributed by atoms with Crippen molar-refractivity contribution in [3.05, 3.63) is 48.1 Å². The quantitative estimate of drug-likeness (QED) is 0.406. The lowest BCUT2D eigenvalue weighted by Gasteiger charge is -2.44. The first kappa shape index (κ1) is 22.2. The number of carbonyl (C=O) groups excluding carboxylic acids is 2. The van der Waals surface area contributed by atoms with Crippen molar-refractivity contribution in [2.45, 2.75) is 57.5 Å². The van der Waals surface area contributed by atoms with Gasteiger partial charge in [0, 0.05) is 43.1 Å². The number of hydrogen-bond donors (Lipinski definition) is 3. The van der Waals surface area contributed by atoms with Crippen molar-refractivity contribution in [2.24, 2.45) is 29.6 Å². The first-order chi connectivity index (χ1) is 14.8. The molecule has 31 heavy (non-hydrogen) atoms. The molecule has 0 aromatic carbocycles. The van der Waals surface area contributed by atoms with Crippen LogP contribution >= 0.6 is 0 Å². The van der Waals surface area contributed by atoms with Crippen molar-refractivity contribution in [1.29, 1.82) is 0 Å². The van der Waals surface area contributed by atoms with Crippen molar-refractivity contribution in [1.82, 2.24) is 5.32 Å². The summed E-state index contributed by atoms with van der Waals surface area (Å²) in [6.07, 6.45) is 12.4. The van der Waals surface area contributed by atoms with Gasteiger partial charge in [-0.3, -0.25) is 9.59 Å². The summed E-state index contributed by atoms with van der Waals surface area (Å²) in [6.45, 7) is 4.57. The maximum Gasteiger partial charge on any atom is 0.227 e. The number of hydrogen-bond acceptors (Lipinski definition) is 5. The monoisotopic (exact) mass is 427 g/mol. The molecule has 0 aromatic heterocycles. The SMILES string of the molecule is C\C1=C/C=C\C=C\C(C)CNC(=O)CC(=O)C[C@@H]2O[C@@H]3[C@H]4[C@H](C=C[C@@H]1[C@@H]42)[C@H](O)C[C@@H]3O. The lowest BCUT2D eigenvalue weighted by Crippen LogP contribution is -2.50. The molecule has 1 unspecified atom stereocenters. The Hall–Kier alpha value is -2.02. The van der Waals surface area contributed by atoms with Crippen LogP contribution in [0, 0.1) is 29.6 Å². The average Bonchev–Trinajstić information content (AvgIpc) is 3.09. The van der Waals surface area contributed by atoms with Crippen LogP contribution in [0.25, 0.3) is 0 Å². The summed E-state index contributed by atoms with van der Waals surface area (Å²) in [7, 11) is 0. The molecule has 4 rings (SSSR count). The van der Waals surface area contributed by atoms with Gasteiger partial charge in [-0.1, -0.05) is 55.0 Å². The molecule has 1 saturated carbocycles. The Balaban J connectivity index is 1.68. The number of aliphatic hydroxyl groups excluding tert-OH is 2. The Bertz CT molecular complexity index is 828. The second kappa shape index (κ2) is 9.23. The number of carbonyl (C=O) groups is 2. The summed E-state index contributed by atoms with van der Waals surface area (Å²) < 4.78 is 6.28. The lowest BCUT2D eigenvalue weighted by molar-refractivity contribution is -0.131. The van der Waals surface area contributed by atoms with Crippen LogP contribution in [0.15, 0.2) is 48.1 Å². The summed E-state index contributed by atoms with van der Waals surface area (Å²) in [5.41, 5.74) is 1.15. The lowest BCUT2D eigenvalue weighted by atomic mass is 9.60. The van der Waals surface area contributed by atoms with E-state index in [0.717, 1.165) is 5.57 Å². The summed E-state index contributed by atoms with van der Waals surface area (Å²) in [5, 5.41) is 24.0. The Morgan fingerprint density at radius 3 is 2.65 bits per heavy atom. The van der Waals surface area contributed by atoms with Crippen LogP contribution in [-0.2, 0) is 14.3 Å². The van der Waals surface area contributed by atoms with E-state index in [0.29, 0.717) is 6.54 Å². The van der Waals surface area contributed by atoms with Gasteiger partial charge in [-0.15, -0.1) is 0 Å². The van der Waals surface area contributed by atoms with E-state index in [1.165, 1.54) is 0 Å². The predicted octanol–water partition coefficient (Wildman–Crippen LogP) is 2.09. The number of allylic oxidation sites excluding steroid dienone is 6. The highest BCUT2D eigenvalue weighted by Gasteiger charge is 2.58. The number of Topliss-reactive ketones (excluding diaryl/α,β-unsaturated/α-hetero) is 1. The Morgan fingerprint density at radius 1 is 1.03 bits per heavy atom.